The monoisotopic (exact) mass is 255 g/mol. The van der Waals surface area contributed by atoms with Crippen molar-refractivity contribution in [2.24, 2.45) is 5.41 Å². The lowest BCUT2D eigenvalue weighted by atomic mass is 9.87. The van der Waals surface area contributed by atoms with Crippen LogP contribution in [0.5, 0.6) is 0 Å². The summed E-state index contributed by atoms with van der Waals surface area (Å²) >= 11 is 0. The van der Waals surface area contributed by atoms with Crippen LogP contribution in [0.25, 0.3) is 10.8 Å². The van der Waals surface area contributed by atoms with Crippen LogP contribution < -0.4 is 5.32 Å². The number of hydrogen-bond donors (Lipinski definition) is 1. The van der Waals surface area contributed by atoms with Gasteiger partial charge < -0.3 is 5.32 Å². The van der Waals surface area contributed by atoms with E-state index >= 15 is 0 Å². The normalized spacial score (nSPS) is 15.4. The lowest BCUT2D eigenvalue weighted by Crippen LogP contribution is -2.39. The molecule has 1 nitrogen and oxygen atoms in total. The first-order valence-electron chi connectivity index (χ1n) is 7.13. The van der Waals surface area contributed by atoms with Crippen molar-refractivity contribution < 1.29 is 0 Å². The van der Waals surface area contributed by atoms with Crippen molar-refractivity contribution in [3.63, 3.8) is 0 Å². The van der Waals surface area contributed by atoms with Gasteiger partial charge >= 0.3 is 0 Å². The van der Waals surface area contributed by atoms with Crippen molar-refractivity contribution in [1.82, 2.24) is 5.32 Å². The molecule has 0 radical (unpaired) electrons. The largest absolute Gasteiger partial charge is 0.307 e. The predicted molar refractivity (Wildman–Crippen MR) is 84.4 cm³/mol. The minimum Gasteiger partial charge on any atom is -0.307 e. The number of benzene rings is 2. The summed E-state index contributed by atoms with van der Waals surface area (Å²) in [5.74, 6) is 0. The van der Waals surface area contributed by atoms with Gasteiger partial charge in [0.05, 0.1) is 0 Å². The van der Waals surface area contributed by atoms with Crippen molar-refractivity contribution in [2.75, 3.05) is 0 Å². The SMILES string of the molecule is C[C@H](N[C@H](C)c1cccc2ccccc12)C(C)(C)C. The second-order valence-electron chi connectivity index (χ2n) is 6.54. The number of nitrogens with one attached hydrogen (secondary N) is 1. The van der Waals surface area contributed by atoms with Gasteiger partial charge in [0.2, 0.25) is 0 Å². The zero-order valence-electron chi connectivity index (χ0n) is 12.7. The van der Waals surface area contributed by atoms with Gasteiger partial charge in [-0.2, -0.15) is 0 Å². The Morgan fingerprint density at radius 1 is 0.895 bits per heavy atom. The highest BCUT2D eigenvalue weighted by molar-refractivity contribution is 5.86. The Morgan fingerprint density at radius 2 is 1.53 bits per heavy atom. The third-order valence-electron chi connectivity index (χ3n) is 4.09. The summed E-state index contributed by atoms with van der Waals surface area (Å²) in [6.45, 7) is 11.4. The van der Waals surface area contributed by atoms with Gasteiger partial charge in [-0.25, -0.2) is 0 Å². The first-order chi connectivity index (χ1) is 8.89. The van der Waals surface area contributed by atoms with Crippen molar-refractivity contribution in [1.29, 1.82) is 0 Å². The standard InChI is InChI=1S/C18H25N/c1-13(19-14(2)18(3,4)5)16-12-8-10-15-9-6-7-11-17(15)16/h6-14,19H,1-5H3/t13-,14+/m1/s1. The van der Waals surface area contributed by atoms with Crippen LogP contribution in [0, 0.1) is 5.41 Å². The van der Waals surface area contributed by atoms with Crippen LogP contribution in [0.2, 0.25) is 0 Å². The van der Waals surface area contributed by atoms with Crippen molar-refractivity contribution >= 4 is 10.8 Å². The van der Waals surface area contributed by atoms with Crippen LogP contribution in [-0.4, -0.2) is 6.04 Å². The molecule has 0 saturated heterocycles. The Hall–Kier alpha value is -1.34. The van der Waals surface area contributed by atoms with Gasteiger partial charge in [0.1, 0.15) is 0 Å². The highest BCUT2D eigenvalue weighted by atomic mass is 15.0. The van der Waals surface area contributed by atoms with Gasteiger partial charge in [-0.05, 0) is 35.6 Å². The molecule has 0 amide bonds. The molecule has 0 unspecified atom stereocenters. The van der Waals surface area contributed by atoms with Crippen molar-refractivity contribution in [3.8, 4) is 0 Å². The molecule has 2 aromatic carbocycles. The summed E-state index contributed by atoms with van der Waals surface area (Å²) in [5, 5.41) is 6.40. The molecule has 0 spiro atoms. The van der Waals surface area contributed by atoms with Crippen LogP contribution in [0.15, 0.2) is 42.5 Å². The number of fused-ring (bicyclic) bond motifs is 1. The maximum Gasteiger partial charge on any atom is 0.0300 e. The Kier molecular flexibility index (Phi) is 3.96. The fraction of sp³-hybridized carbons (Fsp3) is 0.444. The van der Waals surface area contributed by atoms with Crippen LogP contribution in [0.1, 0.15) is 46.2 Å². The number of rotatable bonds is 3. The quantitative estimate of drug-likeness (QED) is 0.820. The Labute approximate surface area is 117 Å². The minimum absolute atomic E-state index is 0.277. The van der Waals surface area contributed by atoms with Crippen LogP contribution in [-0.2, 0) is 0 Å². The molecule has 0 heterocycles. The Morgan fingerprint density at radius 3 is 2.21 bits per heavy atom. The topological polar surface area (TPSA) is 12.0 Å². The van der Waals surface area contributed by atoms with E-state index in [-0.39, 0.29) is 5.41 Å². The fourth-order valence-electron chi connectivity index (χ4n) is 2.34. The molecule has 0 aliphatic heterocycles. The molecule has 2 aromatic rings. The molecule has 19 heavy (non-hydrogen) atoms. The van der Waals surface area contributed by atoms with E-state index in [1.54, 1.807) is 0 Å². The third-order valence-corrected chi connectivity index (χ3v) is 4.09. The predicted octanol–water partition coefficient (Wildman–Crippen LogP) is 4.93. The highest BCUT2D eigenvalue weighted by Crippen LogP contribution is 2.27. The molecular weight excluding hydrogens is 230 g/mol. The van der Waals surface area contributed by atoms with E-state index in [9.17, 15) is 0 Å². The molecular formula is C18H25N. The third kappa shape index (κ3) is 3.16. The first kappa shape index (κ1) is 14.1. The van der Waals surface area contributed by atoms with E-state index in [0.29, 0.717) is 12.1 Å². The summed E-state index contributed by atoms with van der Waals surface area (Å²) < 4.78 is 0. The van der Waals surface area contributed by atoms with Gasteiger partial charge in [-0.3, -0.25) is 0 Å². The number of hydrogen-bond acceptors (Lipinski definition) is 1. The van der Waals surface area contributed by atoms with Crippen LogP contribution in [0.3, 0.4) is 0 Å². The summed E-state index contributed by atoms with van der Waals surface area (Å²) in [6, 6.07) is 16.0. The lowest BCUT2D eigenvalue weighted by molar-refractivity contribution is 0.268. The van der Waals surface area contributed by atoms with Gasteiger partial charge in [0.25, 0.3) is 0 Å². The molecule has 0 fully saturated rings. The van der Waals surface area contributed by atoms with Crippen molar-refractivity contribution in [3.05, 3.63) is 48.0 Å². The Balaban J connectivity index is 2.29. The summed E-state index contributed by atoms with van der Waals surface area (Å²) in [6.07, 6.45) is 0. The summed E-state index contributed by atoms with van der Waals surface area (Å²) in [7, 11) is 0. The second kappa shape index (κ2) is 5.34. The second-order valence-corrected chi connectivity index (χ2v) is 6.54. The average molecular weight is 255 g/mol. The molecule has 0 aliphatic carbocycles. The Bertz CT molecular complexity index is 546. The maximum absolute atomic E-state index is 3.73. The summed E-state index contributed by atoms with van der Waals surface area (Å²) in [5.41, 5.74) is 1.66. The smallest absolute Gasteiger partial charge is 0.0300 e. The minimum atomic E-state index is 0.277. The van der Waals surface area contributed by atoms with E-state index in [2.05, 4.69) is 82.4 Å². The molecule has 0 saturated carbocycles. The molecule has 2 atom stereocenters. The highest BCUT2D eigenvalue weighted by Gasteiger charge is 2.22. The molecule has 0 aromatic heterocycles. The van der Waals surface area contributed by atoms with Crippen LogP contribution >= 0.6 is 0 Å². The van der Waals surface area contributed by atoms with Gasteiger partial charge in [0, 0.05) is 12.1 Å². The van der Waals surface area contributed by atoms with E-state index in [4.69, 9.17) is 0 Å². The van der Waals surface area contributed by atoms with Gasteiger partial charge in [0.15, 0.2) is 0 Å². The fourth-order valence-corrected chi connectivity index (χ4v) is 2.34. The van der Waals surface area contributed by atoms with Gasteiger partial charge in [-0.15, -0.1) is 0 Å². The van der Waals surface area contributed by atoms with Crippen molar-refractivity contribution in [2.45, 2.75) is 46.7 Å². The van der Waals surface area contributed by atoms with Gasteiger partial charge in [-0.1, -0.05) is 63.2 Å². The molecule has 0 bridgehead atoms. The average Bonchev–Trinajstić information content (AvgIpc) is 2.36. The van der Waals surface area contributed by atoms with E-state index in [0.717, 1.165) is 0 Å². The zero-order valence-corrected chi connectivity index (χ0v) is 12.7. The zero-order chi connectivity index (χ0) is 14.0. The van der Waals surface area contributed by atoms with E-state index in [1.807, 2.05) is 0 Å². The molecule has 1 N–H and O–H groups in total. The molecule has 2 rings (SSSR count). The van der Waals surface area contributed by atoms with E-state index < -0.39 is 0 Å². The molecule has 102 valence electrons. The molecule has 0 aliphatic rings. The van der Waals surface area contributed by atoms with E-state index in [1.165, 1.54) is 16.3 Å². The maximum atomic E-state index is 3.73. The van der Waals surface area contributed by atoms with Crippen LogP contribution in [0.4, 0.5) is 0 Å². The lowest BCUT2D eigenvalue weighted by Gasteiger charge is -2.31. The first-order valence-corrected chi connectivity index (χ1v) is 7.13. The summed E-state index contributed by atoms with van der Waals surface area (Å²) in [4.78, 5) is 0. The molecule has 1 heteroatoms.